The van der Waals surface area contributed by atoms with E-state index in [9.17, 15) is 5.11 Å². The molecule has 9 heteroatoms. The van der Waals surface area contributed by atoms with Crippen LogP contribution in [-0.4, -0.2) is 67.9 Å². The number of anilines is 2. The molecule has 0 aliphatic carbocycles. The van der Waals surface area contributed by atoms with Crippen molar-refractivity contribution in [2.45, 2.75) is 32.3 Å². The van der Waals surface area contributed by atoms with Gasteiger partial charge in [0, 0.05) is 38.8 Å². The van der Waals surface area contributed by atoms with Crippen molar-refractivity contribution in [3.05, 3.63) is 24.5 Å². The molecule has 4 heterocycles. The molecule has 28 heavy (non-hydrogen) atoms. The number of nitrogens with zero attached hydrogens (tertiary/aromatic N) is 6. The topological polar surface area (TPSA) is 109 Å². The first-order chi connectivity index (χ1) is 13.5. The third kappa shape index (κ3) is 3.55. The summed E-state index contributed by atoms with van der Waals surface area (Å²) in [6.45, 7) is 8.18. The quantitative estimate of drug-likeness (QED) is 0.659. The zero-order valence-corrected chi connectivity index (χ0v) is 16.4. The highest BCUT2D eigenvalue weighted by atomic mass is 16.3. The molecule has 0 bridgehead atoms. The normalized spacial score (nSPS) is 16.2. The van der Waals surface area contributed by atoms with E-state index in [2.05, 4.69) is 24.9 Å². The summed E-state index contributed by atoms with van der Waals surface area (Å²) in [5, 5.41) is 15.0. The monoisotopic (exact) mass is 385 g/mol. The Morgan fingerprint density at radius 2 is 1.93 bits per heavy atom. The van der Waals surface area contributed by atoms with Gasteiger partial charge in [0.05, 0.1) is 11.9 Å². The first kappa shape index (κ1) is 18.7. The van der Waals surface area contributed by atoms with Crippen molar-refractivity contribution in [3.8, 4) is 11.6 Å². The second-order valence-corrected chi connectivity index (χ2v) is 7.35. The average molecular weight is 385 g/mol. The van der Waals surface area contributed by atoms with Crippen molar-refractivity contribution in [2.24, 2.45) is 0 Å². The lowest BCUT2D eigenvalue weighted by molar-refractivity contribution is -0.00458. The van der Waals surface area contributed by atoms with E-state index in [4.69, 9.17) is 10.2 Å². The van der Waals surface area contributed by atoms with Crippen molar-refractivity contribution >= 4 is 17.4 Å². The van der Waals surface area contributed by atoms with Crippen LogP contribution in [0.3, 0.4) is 0 Å². The lowest BCUT2D eigenvalue weighted by Gasteiger charge is -2.39. The van der Waals surface area contributed by atoms with Gasteiger partial charge in [-0.25, -0.2) is 4.98 Å². The van der Waals surface area contributed by atoms with E-state index in [1.807, 2.05) is 26.0 Å². The van der Waals surface area contributed by atoms with Gasteiger partial charge in [-0.05, 0) is 25.0 Å². The van der Waals surface area contributed by atoms with E-state index in [0.717, 1.165) is 44.8 Å². The van der Waals surface area contributed by atoms with Crippen LogP contribution in [0.15, 0.2) is 28.9 Å². The third-order valence-corrected chi connectivity index (χ3v) is 5.61. The maximum atomic E-state index is 10.6. The smallest absolute Gasteiger partial charge is 0.225 e. The summed E-state index contributed by atoms with van der Waals surface area (Å²) in [7, 11) is 0. The zero-order chi connectivity index (χ0) is 19.7. The van der Waals surface area contributed by atoms with Crippen molar-refractivity contribution in [2.75, 3.05) is 43.4 Å². The highest BCUT2D eigenvalue weighted by Crippen LogP contribution is 2.23. The number of β-amino-alcohol motifs (C(OH)–C–C–N with tert-alkyl or cyclic N) is 1. The van der Waals surface area contributed by atoms with Crippen molar-refractivity contribution in [3.63, 3.8) is 0 Å². The Bertz CT molecular complexity index is 925. The standard InChI is InChI=1S/C19H27N7O2/c1-3-19(27,4-2)13-24-7-9-25(10-8-24)15-12-16-21-17(14-6-5-11-28-14)23-26(16)18(20)22-15/h5-6,11-12,27H,3-4,7-10,13H2,1-2H3,(H2,20,22). The number of hydrogen-bond acceptors (Lipinski definition) is 8. The molecule has 0 saturated carbocycles. The third-order valence-electron chi connectivity index (χ3n) is 5.61. The van der Waals surface area contributed by atoms with Gasteiger partial charge in [-0.1, -0.05) is 13.8 Å². The van der Waals surface area contributed by atoms with Crippen LogP contribution in [-0.2, 0) is 0 Å². The Labute approximate surface area is 163 Å². The molecule has 0 atom stereocenters. The van der Waals surface area contributed by atoms with Crippen LogP contribution >= 0.6 is 0 Å². The largest absolute Gasteiger partial charge is 0.461 e. The van der Waals surface area contributed by atoms with Crippen molar-refractivity contribution in [1.29, 1.82) is 0 Å². The van der Waals surface area contributed by atoms with Gasteiger partial charge in [0.25, 0.3) is 0 Å². The van der Waals surface area contributed by atoms with Crippen LogP contribution in [0.25, 0.3) is 17.2 Å². The molecule has 1 fully saturated rings. The van der Waals surface area contributed by atoms with Crippen LogP contribution in [0.5, 0.6) is 0 Å². The Kier molecular flexibility index (Phi) is 4.94. The van der Waals surface area contributed by atoms with Gasteiger partial charge in [0.1, 0.15) is 5.82 Å². The number of nitrogens with two attached hydrogens (primary N) is 1. The number of nitrogen functional groups attached to an aromatic ring is 1. The fraction of sp³-hybridized carbons (Fsp3) is 0.526. The summed E-state index contributed by atoms with van der Waals surface area (Å²) >= 11 is 0. The molecule has 4 rings (SSSR count). The number of aliphatic hydroxyl groups is 1. The molecule has 1 saturated heterocycles. The summed E-state index contributed by atoms with van der Waals surface area (Å²) in [4.78, 5) is 13.6. The molecule has 0 unspecified atom stereocenters. The summed E-state index contributed by atoms with van der Waals surface area (Å²) in [5.41, 5.74) is 6.16. The van der Waals surface area contributed by atoms with E-state index in [-0.39, 0.29) is 0 Å². The summed E-state index contributed by atoms with van der Waals surface area (Å²) in [5.74, 6) is 2.17. The average Bonchev–Trinajstić information content (AvgIpc) is 3.38. The van der Waals surface area contributed by atoms with Gasteiger partial charge in [-0.2, -0.15) is 9.50 Å². The minimum atomic E-state index is -0.604. The first-order valence-corrected chi connectivity index (χ1v) is 9.78. The van der Waals surface area contributed by atoms with Crippen molar-refractivity contribution in [1.82, 2.24) is 24.5 Å². The van der Waals surface area contributed by atoms with E-state index in [1.165, 1.54) is 4.52 Å². The number of piperazine rings is 1. The predicted molar refractivity (Wildman–Crippen MR) is 107 cm³/mol. The SMILES string of the molecule is CCC(O)(CC)CN1CCN(c2cc3nc(-c4ccco4)nn3c(N)n2)CC1. The second-order valence-electron chi connectivity index (χ2n) is 7.35. The number of furan rings is 1. The molecule has 1 aliphatic rings. The highest BCUT2D eigenvalue weighted by molar-refractivity contribution is 5.59. The Morgan fingerprint density at radius 3 is 2.57 bits per heavy atom. The maximum Gasteiger partial charge on any atom is 0.225 e. The van der Waals surface area contributed by atoms with E-state index < -0.39 is 5.60 Å². The zero-order valence-electron chi connectivity index (χ0n) is 16.4. The van der Waals surface area contributed by atoms with Crippen LogP contribution in [0.2, 0.25) is 0 Å². The van der Waals surface area contributed by atoms with E-state index >= 15 is 0 Å². The van der Waals surface area contributed by atoms with Gasteiger partial charge >= 0.3 is 0 Å². The molecular formula is C19H27N7O2. The van der Waals surface area contributed by atoms with Gasteiger partial charge in [-0.3, -0.25) is 4.90 Å². The van der Waals surface area contributed by atoms with Crippen LogP contribution < -0.4 is 10.6 Å². The van der Waals surface area contributed by atoms with Gasteiger partial charge in [0.15, 0.2) is 11.4 Å². The molecule has 0 spiro atoms. The molecule has 0 radical (unpaired) electrons. The molecule has 3 aromatic heterocycles. The minimum absolute atomic E-state index is 0.298. The highest BCUT2D eigenvalue weighted by Gasteiger charge is 2.28. The predicted octanol–water partition coefficient (Wildman–Crippen LogP) is 1.64. The molecule has 1 aliphatic heterocycles. The number of rotatable bonds is 6. The summed E-state index contributed by atoms with van der Waals surface area (Å²) in [6, 6.07) is 5.51. The fourth-order valence-electron chi connectivity index (χ4n) is 3.60. The Balaban J connectivity index is 1.49. The van der Waals surface area contributed by atoms with E-state index in [1.54, 1.807) is 12.3 Å². The Morgan fingerprint density at radius 1 is 1.18 bits per heavy atom. The molecule has 0 aromatic carbocycles. The lowest BCUT2D eigenvalue weighted by Crippen LogP contribution is -2.52. The fourth-order valence-corrected chi connectivity index (χ4v) is 3.60. The molecule has 3 aromatic rings. The van der Waals surface area contributed by atoms with Gasteiger partial charge < -0.3 is 20.2 Å². The second kappa shape index (κ2) is 7.40. The number of aromatic nitrogens is 4. The summed E-state index contributed by atoms with van der Waals surface area (Å²) in [6.07, 6.45) is 3.12. The summed E-state index contributed by atoms with van der Waals surface area (Å²) < 4.78 is 6.90. The molecule has 0 amide bonds. The minimum Gasteiger partial charge on any atom is -0.461 e. The first-order valence-electron chi connectivity index (χ1n) is 9.78. The van der Waals surface area contributed by atoms with Crippen molar-refractivity contribution < 1.29 is 9.52 Å². The number of fused-ring (bicyclic) bond motifs is 1. The van der Waals surface area contributed by atoms with Crippen LogP contribution in [0, 0.1) is 0 Å². The number of hydrogen-bond donors (Lipinski definition) is 2. The molecular weight excluding hydrogens is 358 g/mol. The lowest BCUT2D eigenvalue weighted by atomic mass is 9.96. The Hall–Kier alpha value is -2.65. The maximum absolute atomic E-state index is 10.6. The van der Waals surface area contributed by atoms with Gasteiger partial charge in [0.2, 0.25) is 11.8 Å². The van der Waals surface area contributed by atoms with Crippen LogP contribution in [0.4, 0.5) is 11.8 Å². The molecule has 9 nitrogen and oxygen atoms in total. The molecule has 3 N–H and O–H groups in total. The van der Waals surface area contributed by atoms with Crippen LogP contribution in [0.1, 0.15) is 26.7 Å². The van der Waals surface area contributed by atoms with E-state index in [0.29, 0.717) is 29.7 Å². The molecule has 150 valence electrons. The van der Waals surface area contributed by atoms with Gasteiger partial charge in [-0.15, -0.1) is 5.10 Å².